The molecule has 7 nitrogen and oxygen atoms in total. The maximum atomic E-state index is 11.2. The van der Waals surface area contributed by atoms with Crippen molar-refractivity contribution in [3.05, 3.63) is 12.2 Å². The summed E-state index contributed by atoms with van der Waals surface area (Å²) in [6, 6.07) is 0. The highest BCUT2D eigenvalue weighted by atomic mass is 16.5. The first-order valence-corrected chi connectivity index (χ1v) is 4.73. The third kappa shape index (κ3) is 3.68. The Hall–Kier alpha value is -1.92. The lowest BCUT2D eigenvalue weighted by atomic mass is 10.1. The zero-order valence-corrected chi connectivity index (χ0v) is 9.10. The lowest BCUT2D eigenvalue weighted by Gasteiger charge is -2.08. The average Bonchev–Trinajstić information content (AvgIpc) is 2.79. The van der Waals surface area contributed by atoms with Gasteiger partial charge in [0.15, 0.2) is 5.82 Å². The maximum Gasteiger partial charge on any atom is 0.315 e. The number of nitrogens with one attached hydrogen (secondary N) is 1. The highest BCUT2D eigenvalue weighted by Gasteiger charge is 2.13. The van der Waals surface area contributed by atoms with Gasteiger partial charge in [0.25, 0.3) is 0 Å². The van der Waals surface area contributed by atoms with Crippen LogP contribution in [0.1, 0.15) is 25.1 Å². The molecule has 0 saturated heterocycles. The summed E-state index contributed by atoms with van der Waals surface area (Å²) in [7, 11) is 1.23. The fraction of sp³-hybridized carbons (Fsp3) is 0.556. The maximum absolute atomic E-state index is 11.2. The van der Waals surface area contributed by atoms with Crippen LogP contribution in [-0.4, -0.2) is 35.7 Å². The van der Waals surface area contributed by atoms with Gasteiger partial charge in [-0.2, -0.15) is 4.98 Å². The minimum absolute atomic E-state index is 0.0691. The minimum Gasteiger partial charge on any atom is -0.469 e. The van der Waals surface area contributed by atoms with Gasteiger partial charge in [-0.1, -0.05) is 12.1 Å². The summed E-state index contributed by atoms with van der Waals surface area (Å²) < 4.78 is 8.94. The Morgan fingerprint density at radius 1 is 1.62 bits per heavy atom. The Bertz CT molecular complexity index is 350. The van der Waals surface area contributed by atoms with Crippen molar-refractivity contribution in [2.75, 3.05) is 13.7 Å². The second kappa shape index (κ2) is 5.84. The van der Waals surface area contributed by atoms with Crippen molar-refractivity contribution in [3.8, 4) is 0 Å². The van der Waals surface area contributed by atoms with Crippen molar-refractivity contribution in [1.29, 1.82) is 0 Å². The SMILES string of the molecule is COC(=O)CC(=O)NCC(C)c1ncon1. The van der Waals surface area contributed by atoms with Crippen LogP contribution in [0.4, 0.5) is 0 Å². The summed E-state index contributed by atoms with van der Waals surface area (Å²) in [4.78, 5) is 25.8. The molecule has 88 valence electrons. The number of aromatic nitrogens is 2. The van der Waals surface area contributed by atoms with Crippen LogP contribution in [0.2, 0.25) is 0 Å². The van der Waals surface area contributed by atoms with Crippen molar-refractivity contribution in [1.82, 2.24) is 15.5 Å². The first-order chi connectivity index (χ1) is 7.63. The zero-order chi connectivity index (χ0) is 12.0. The number of esters is 1. The topological polar surface area (TPSA) is 94.3 Å². The molecular formula is C9H13N3O4. The van der Waals surface area contributed by atoms with E-state index in [1.807, 2.05) is 6.92 Å². The molecule has 0 aromatic carbocycles. The van der Waals surface area contributed by atoms with Crippen molar-refractivity contribution < 1.29 is 18.8 Å². The van der Waals surface area contributed by atoms with E-state index >= 15 is 0 Å². The number of ether oxygens (including phenoxy) is 1. The van der Waals surface area contributed by atoms with Crippen LogP contribution in [-0.2, 0) is 14.3 Å². The third-order valence-electron chi connectivity index (χ3n) is 1.96. The molecule has 0 aliphatic carbocycles. The molecule has 0 saturated carbocycles. The molecule has 1 unspecified atom stereocenters. The van der Waals surface area contributed by atoms with Gasteiger partial charge in [0.05, 0.1) is 7.11 Å². The standard InChI is InChI=1S/C9H13N3O4/c1-6(9-11-5-16-12-9)4-10-7(13)3-8(14)15-2/h5-6H,3-4H2,1-2H3,(H,10,13). The molecule has 0 aliphatic rings. The Balaban J connectivity index is 2.29. The van der Waals surface area contributed by atoms with Crippen LogP contribution >= 0.6 is 0 Å². The van der Waals surface area contributed by atoms with Crippen molar-refractivity contribution in [2.24, 2.45) is 0 Å². The number of hydrogen-bond acceptors (Lipinski definition) is 6. The number of rotatable bonds is 5. The van der Waals surface area contributed by atoms with Gasteiger partial charge in [0, 0.05) is 12.5 Å². The molecule has 1 aromatic heterocycles. The average molecular weight is 227 g/mol. The molecule has 1 rings (SSSR count). The van der Waals surface area contributed by atoms with E-state index in [2.05, 4.69) is 24.7 Å². The fourth-order valence-electron chi connectivity index (χ4n) is 1.02. The van der Waals surface area contributed by atoms with E-state index in [9.17, 15) is 9.59 Å². The van der Waals surface area contributed by atoms with Gasteiger partial charge >= 0.3 is 5.97 Å². The van der Waals surface area contributed by atoms with E-state index in [4.69, 9.17) is 0 Å². The predicted molar refractivity (Wildman–Crippen MR) is 52.4 cm³/mol. The zero-order valence-electron chi connectivity index (χ0n) is 9.10. The lowest BCUT2D eigenvalue weighted by molar-refractivity contribution is -0.143. The normalized spacial score (nSPS) is 11.9. The summed E-state index contributed by atoms with van der Waals surface area (Å²) in [5, 5.41) is 6.22. The second-order valence-corrected chi connectivity index (χ2v) is 3.25. The van der Waals surface area contributed by atoms with Gasteiger partial charge in [-0.3, -0.25) is 9.59 Å². The van der Waals surface area contributed by atoms with E-state index in [1.54, 1.807) is 0 Å². The largest absolute Gasteiger partial charge is 0.469 e. The number of amides is 1. The number of nitrogens with zero attached hydrogens (tertiary/aromatic N) is 2. The fourth-order valence-corrected chi connectivity index (χ4v) is 1.02. The van der Waals surface area contributed by atoms with Gasteiger partial charge in [0.2, 0.25) is 12.3 Å². The van der Waals surface area contributed by atoms with Gasteiger partial charge in [-0.15, -0.1) is 0 Å². The predicted octanol–water partition coefficient (Wildman–Crippen LogP) is -0.148. The van der Waals surface area contributed by atoms with Crippen molar-refractivity contribution in [2.45, 2.75) is 19.3 Å². The number of hydrogen-bond donors (Lipinski definition) is 1. The van der Waals surface area contributed by atoms with Crippen molar-refractivity contribution >= 4 is 11.9 Å². The summed E-state index contributed by atoms with van der Waals surface area (Å²) in [5.74, 6) is -0.509. The van der Waals surface area contributed by atoms with Crippen LogP contribution < -0.4 is 5.32 Å². The molecule has 1 N–H and O–H groups in total. The molecule has 1 aromatic rings. The molecule has 0 spiro atoms. The van der Waals surface area contributed by atoms with E-state index in [-0.39, 0.29) is 18.2 Å². The highest BCUT2D eigenvalue weighted by Crippen LogP contribution is 2.07. The van der Waals surface area contributed by atoms with E-state index in [1.165, 1.54) is 13.5 Å². The van der Waals surface area contributed by atoms with Crippen LogP contribution in [0, 0.1) is 0 Å². The van der Waals surface area contributed by atoms with E-state index in [0.717, 1.165) is 0 Å². The van der Waals surface area contributed by atoms with Gasteiger partial charge in [0.1, 0.15) is 6.42 Å². The molecule has 0 bridgehead atoms. The number of carbonyl (C=O) groups is 2. The molecule has 1 atom stereocenters. The molecule has 1 amide bonds. The third-order valence-corrected chi connectivity index (χ3v) is 1.96. The lowest BCUT2D eigenvalue weighted by Crippen LogP contribution is -2.29. The monoisotopic (exact) mass is 227 g/mol. The molecule has 0 fully saturated rings. The molecule has 16 heavy (non-hydrogen) atoms. The van der Waals surface area contributed by atoms with Crippen LogP contribution in [0.5, 0.6) is 0 Å². The number of methoxy groups -OCH3 is 1. The van der Waals surface area contributed by atoms with E-state index in [0.29, 0.717) is 12.4 Å². The van der Waals surface area contributed by atoms with Crippen molar-refractivity contribution in [3.63, 3.8) is 0 Å². The molecular weight excluding hydrogens is 214 g/mol. The molecule has 0 aliphatic heterocycles. The molecule has 7 heteroatoms. The van der Waals surface area contributed by atoms with Gasteiger partial charge < -0.3 is 14.6 Å². The molecule has 0 radical (unpaired) electrons. The van der Waals surface area contributed by atoms with E-state index < -0.39 is 5.97 Å². The van der Waals surface area contributed by atoms with Crippen LogP contribution in [0.25, 0.3) is 0 Å². The summed E-state index contributed by atoms with van der Waals surface area (Å²) in [5.41, 5.74) is 0. The van der Waals surface area contributed by atoms with Crippen LogP contribution in [0.15, 0.2) is 10.9 Å². The Kier molecular flexibility index (Phi) is 4.43. The van der Waals surface area contributed by atoms with Crippen LogP contribution in [0.3, 0.4) is 0 Å². The Labute approximate surface area is 92.2 Å². The Morgan fingerprint density at radius 3 is 2.94 bits per heavy atom. The summed E-state index contributed by atoms with van der Waals surface area (Å²) in [6.07, 6.45) is 0.942. The first kappa shape index (κ1) is 12.2. The first-order valence-electron chi connectivity index (χ1n) is 4.73. The van der Waals surface area contributed by atoms with Gasteiger partial charge in [-0.05, 0) is 0 Å². The molecule has 1 heterocycles. The number of carbonyl (C=O) groups excluding carboxylic acids is 2. The van der Waals surface area contributed by atoms with Gasteiger partial charge in [-0.25, -0.2) is 0 Å². The smallest absolute Gasteiger partial charge is 0.315 e. The highest BCUT2D eigenvalue weighted by molar-refractivity contribution is 5.94. The summed E-state index contributed by atoms with van der Waals surface area (Å²) in [6.45, 7) is 2.18. The quantitative estimate of drug-likeness (QED) is 0.555. The summed E-state index contributed by atoms with van der Waals surface area (Å²) >= 11 is 0. The minimum atomic E-state index is -0.565. The Morgan fingerprint density at radius 2 is 2.38 bits per heavy atom. The second-order valence-electron chi connectivity index (χ2n) is 3.25.